The minimum Gasteiger partial charge on any atom is -0.305 e. The van der Waals surface area contributed by atoms with Gasteiger partial charge in [0, 0.05) is 19.4 Å². The molecule has 0 radical (unpaired) electrons. The third-order valence-corrected chi connectivity index (χ3v) is 0.771. The Balaban J connectivity index is 0. The summed E-state index contributed by atoms with van der Waals surface area (Å²) in [5, 5.41) is 0. The highest BCUT2D eigenvalue weighted by Crippen LogP contribution is 1.73. The van der Waals surface area contributed by atoms with Gasteiger partial charge < -0.3 is 4.84 Å². The molecule has 3 nitrogen and oxygen atoms in total. The molecule has 0 spiro atoms. The van der Waals surface area contributed by atoms with E-state index in [1.807, 2.05) is 18.2 Å². The summed E-state index contributed by atoms with van der Waals surface area (Å²) in [6.45, 7) is 0. The Morgan fingerprint density at radius 1 is 1.18 bits per heavy atom. The number of hydrogen-bond acceptors (Lipinski definition) is 3. The van der Waals surface area contributed by atoms with Crippen molar-refractivity contribution in [2.45, 2.75) is 0 Å². The minimum absolute atomic E-state index is 0. The molecule has 0 aromatic carbocycles. The van der Waals surface area contributed by atoms with Crippen LogP contribution >= 0.6 is 12.4 Å². The van der Waals surface area contributed by atoms with E-state index in [4.69, 9.17) is 0 Å². The van der Waals surface area contributed by atoms with Crippen LogP contribution in [-0.2, 0) is 4.84 Å². The Morgan fingerprint density at radius 2 is 1.64 bits per heavy atom. The zero-order valence-corrected chi connectivity index (χ0v) is 7.47. The molecular formula is C7H13ClN2O. The molecular weight excluding hydrogens is 164 g/mol. The Labute approximate surface area is 73.2 Å². The first kappa shape index (κ1) is 13.0. The Kier molecular flexibility index (Phi) is 14.3. The molecule has 1 heterocycles. The number of rotatable bonds is 1. The van der Waals surface area contributed by atoms with Crippen LogP contribution in [0.1, 0.15) is 0 Å². The maximum atomic E-state index is 4.29. The standard InChI is InChI=1S/C5H5N.C2H7NO.ClH/c1-2-4-6-5-3-1;1-3-4-2;/h1-5H;3H,1-2H3;1H. The van der Waals surface area contributed by atoms with Gasteiger partial charge in [0.05, 0.1) is 7.11 Å². The number of pyridine rings is 1. The first-order chi connectivity index (χ1) is 4.91. The van der Waals surface area contributed by atoms with Crippen molar-refractivity contribution < 1.29 is 4.84 Å². The predicted molar refractivity (Wildman–Crippen MR) is 47.6 cm³/mol. The van der Waals surface area contributed by atoms with Gasteiger partial charge in [-0.1, -0.05) is 6.07 Å². The zero-order valence-electron chi connectivity index (χ0n) is 6.65. The van der Waals surface area contributed by atoms with E-state index in [0.29, 0.717) is 0 Å². The fourth-order valence-corrected chi connectivity index (χ4v) is 0.313. The summed E-state index contributed by atoms with van der Waals surface area (Å²) in [7, 11) is 3.28. The number of aromatic nitrogens is 1. The van der Waals surface area contributed by atoms with Gasteiger partial charge >= 0.3 is 0 Å². The van der Waals surface area contributed by atoms with Gasteiger partial charge in [-0.05, 0) is 12.1 Å². The van der Waals surface area contributed by atoms with Crippen molar-refractivity contribution in [1.82, 2.24) is 10.5 Å². The molecule has 0 saturated heterocycles. The highest BCUT2D eigenvalue weighted by molar-refractivity contribution is 5.85. The van der Waals surface area contributed by atoms with Crippen molar-refractivity contribution in [1.29, 1.82) is 0 Å². The fraction of sp³-hybridized carbons (Fsp3) is 0.286. The van der Waals surface area contributed by atoms with Gasteiger partial charge in [-0.3, -0.25) is 4.98 Å². The smallest absolute Gasteiger partial charge is 0.0572 e. The van der Waals surface area contributed by atoms with E-state index in [1.165, 1.54) is 0 Å². The molecule has 4 heteroatoms. The van der Waals surface area contributed by atoms with Gasteiger partial charge in [0.1, 0.15) is 0 Å². The second kappa shape index (κ2) is 12.1. The lowest BCUT2D eigenvalue weighted by Crippen LogP contribution is -2.00. The van der Waals surface area contributed by atoms with Crippen LogP contribution in [-0.4, -0.2) is 19.1 Å². The molecule has 0 amide bonds. The Bertz CT molecular complexity index is 108. The summed E-state index contributed by atoms with van der Waals surface area (Å²) in [5.74, 6) is 0. The quantitative estimate of drug-likeness (QED) is 0.655. The molecule has 64 valence electrons. The molecule has 0 aliphatic carbocycles. The molecule has 0 unspecified atom stereocenters. The van der Waals surface area contributed by atoms with Crippen molar-refractivity contribution >= 4 is 12.4 Å². The lowest BCUT2D eigenvalue weighted by atomic mass is 10.5. The number of halogens is 1. The van der Waals surface area contributed by atoms with Gasteiger partial charge in [0.15, 0.2) is 0 Å². The fourth-order valence-electron chi connectivity index (χ4n) is 0.313. The van der Waals surface area contributed by atoms with Gasteiger partial charge in [-0.15, -0.1) is 12.4 Å². The molecule has 1 aromatic heterocycles. The normalized spacial score (nSPS) is 7.09. The third kappa shape index (κ3) is 12.5. The molecule has 0 bridgehead atoms. The van der Waals surface area contributed by atoms with Crippen molar-refractivity contribution in [2.24, 2.45) is 0 Å². The SMILES string of the molecule is CNOC.Cl.c1ccncc1. The summed E-state index contributed by atoms with van der Waals surface area (Å²) in [6.07, 6.45) is 3.50. The van der Waals surface area contributed by atoms with Crippen molar-refractivity contribution in [3.63, 3.8) is 0 Å². The molecule has 0 aliphatic rings. The highest BCUT2D eigenvalue weighted by Gasteiger charge is 1.58. The molecule has 1 N–H and O–H groups in total. The van der Waals surface area contributed by atoms with Crippen LogP contribution in [0.5, 0.6) is 0 Å². The summed E-state index contributed by atoms with van der Waals surface area (Å²) >= 11 is 0. The van der Waals surface area contributed by atoms with Gasteiger partial charge in [0.2, 0.25) is 0 Å². The number of hydrogen-bond donors (Lipinski definition) is 1. The van der Waals surface area contributed by atoms with E-state index in [2.05, 4.69) is 15.3 Å². The summed E-state index contributed by atoms with van der Waals surface area (Å²) < 4.78 is 0. The number of hydroxylamine groups is 1. The van der Waals surface area contributed by atoms with E-state index in [-0.39, 0.29) is 12.4 Å². The van der Waals surface area contributed by atoms with Crippen LogP contribution in [0, 0.1) is 0 Å². The molecule has 0 atom stereocenters. The van der Waals surface area contributed by atoms with Crippen LogP contribution in [0.15, 0.2) is 30.6 Å². The van der Waals surface area contributed by atoms with Crippen LogP contribution in [0.2, 0.25) is 0 Å². The Morgan fingerprint density at radius 3 is 1.73 bits per heavy atom. The molecule has 0 saturated carbocycles. The molecule has 1 aromatic rings. The van der Waals surface area contributed by atoms with Crippen LogP contribution in [0.25, 0.3) is 0 Å². The largest absolute Gasteiger partial charge is 0.305 e. The second-order valence-electron chi connectivity index (χ2n) is 1.43. The monoisotopic (exact) mass is 176 g/mol. The van der Waals surface area contributed by atoms with Crippen LogP contribution in [0.3, 0.4) is 0 Å². The average molecular weight is 177 g/mol. The van der Waals surface area contributed by atoms with E-state index < -0.39 is 0 Å². The predicted octanol–water partition coefficient (Wildman–Crippen LogP) is 1.27. The topological polar surface area (TPSA) is 34.1 Å². The molecule has 0 fully saturated rings. The van der Waals surface area contributed by atoms with E-state index in [1.54, 1.807) is 26.6 Å². The number of nitrogens with zero attached hydrogens (tertiary/aromatic N) is 1. The van der Waals surface area contributed by atoms with Crippen LogP contribution < -0.4 is 5.48 Å². The Hall–Kier alpha value is -0.640. The summed E-state index contributed by atoms with van der Waals surface area (Å²) in [4.78, 5) is 8.08. The molecule has 1 rings (SSSR count). The van der Waals surface area contributed by atoms with Crippen LogP contribution in [0.4, 0.5) is 0 Å². The van der Waals surface area contributed by atoms with Gasteiger partial charge in [0.25, 0.3) is 0 Å². The van der Waals surface area contributed by atoms with Crippen molar-refractivity contribution in [3.8, 4) is 0 Å². The molecule has 11 heavy (non-hydrogen) atoms. The average Bonchev–Trinajstić information content (AvgIpc) is 2.08. The highest BCUT2D eigenvalue weighted by atomic mass is 35.5. The van der Waals surface area contributed by atoms with E-state index in [9.17, 15) is 0 Å². The van der Waals surface area contributed by atoms with Gasteiger partial charge in [-0.25, -0.2) is 5.48 Å². The lowest BCUT2D eigenvalue weighted by Gasteiger charge is -1.80. The molecule has 0 aliphatic heterocycles. The maximum Gasteiger partial charge on any atom is 0.0572 e. The van der Waals surface area contributed by atoms with Crippen molar-refractivity contribution in [2.75, 3.05) is 14.2 Å². The second-order valence-corrected chi connectivity index (χ2v) is 1.43. The van der Waals surface area contributed by atoms with Crippen molar-refractivity contribution in [3.05, 3.63) is 30.6 Å². The lowest BCUT2D eigenvalue weighted by molar-refractivity contribution is 0.112. The van der Waals surface area contributed by atoms with E-state index in [0.717, 1.165) is 0 Å². The zero-order chi connectivity index (χ0) is 7.66. The minimum atomic E-state index is 0. The third-order valence-electron chi connectivity index (χ3n) is 0.771. The first-order valence-corrected chi connectivity index (χ1v) is 2.96. The summed E-state index contributed by atoms with van der Waals surface area (Å²) in [5.41, 5.74) is 2.43. The number of nitrogens with one attached hydrogen (secondary N) is 1. The first-order valence-electron chi connectivity index (χ1n) is 2.96. The maximum absolute atomic E-state index is 4.29. The van der Waals surface area contributed by atoms with Gasteiger partial charge in [-0.2, -0.15) is 0 Å². The van der Waals surface area contributed by atoms with E-state index >= 15 is 0 Å². The summed E-state index contributed by atoms with van der Waals surface area (Å²) in [6, 6.07) is 5.72.